The zero-order valence-corrected chi connectivity index (χ0v) is 34.8. The molecule has 0 unspecified atom stereocenters. The minimum absolute atomic E-state index is 1.07. The molecule has 0 fully saturated rings. The van der Waals surface area contributed by atoms with Crippen molar-refractivity contribution in [3.63, 3.8) is 0 Å². The van der Waals surface area contributed by atoms with Gasteiger partial charge in [0.25, 0.3) is 0 Å². The molecule has 0 heterocycles. The van der Waals surface area contributed by atoms with Gasteiger partial charge in [-0.2, -0.15) is 0 Å². The van der Waals surface area contributed by atoms with Gasteiger partial charge in [-0.05, 0) is 95.9 Å². The van der Waals surface area contributed by atoms with E-state index < -0.39 is 0 Å². The highest BCUT2D eigenvalue weighted by atomic mass is 15.1. The van der Waals surface area contributed by atoms with Crippen LogP contribution in [0.15, 0.2) is 261 Å². The predicted molar refractivity (Wildman–Crippen MR) is 269 cm³/mol. The van der Waals surface area contributed by atoms with Crippen molar-refractivity contribution in [1.29, 1.82) is 0 Å². The molecule has 1 nitrogen and oxygen atoms in total. The van der Waals surface area contributed by atoms with Crippen LogP contribution in [0, 0.1) is 0 Å². The Bertz CT molecular complexity index is 3290. The van der Waals surface area contributed by atoms with Gasteiger partial charge in [0.2, 0.25) is 0 Å². The Morgan fingerprint density at radius 2 is 0.635 bits per heavy atom. The van der Waals surface area contributed by atoms with Gasteiger partial charge in [-0.15, -0.1) is 0 Å². The van der Waals surface area contributed by atoms with Crippen molar-refractivity contribution in [3.8, 4) is 66.8 Å². The Morgan fingerprint density at radius 1 is 0.222 bits per heavy atom. The summed E-state index contributed by atoms with van der Waals surface area (Å²) in [6.07, 6.45) is 0. The smallest absolute Gasteiger partial charge is 0.0618 e. The lowest BCUT2D eigenvalue weighted by Crippen LogP contribution is -2.14. The van der Waals surface area contributed by atoms with E-state index in [0.717, 1.165) is 50.4 Å². The van der Waals surface area contributed by atoms with Crippen LogP contribution in [0.4, 0.5) is 17.1 Å². The quantitative estimate of drug-likeness (QED) is 0.131. The molecule has 0 atom stereocenters. The lowest BCUT2D eigenvalue weighted by molar-refractivity contribution is 1.29. The van der Waals surface area contributed by atoms with Crippen LogP contribution in [-0.4, -0.2) is 0 Å². The molecule has 0 aliphatic heterocycles. The van der Waals surface area contributed by atoms with Crippen molar-refractivity contribution in [3.05, 3.63) is 261 Å². The standard InChI is InChI=1S/C62H43N/c1-7-22-44(23-8-1)50-38-41-59(57(42-50)47-28-13-4-14-29-47)63(62-52(45-24-9-2-10-25-45)36-21-37-53(62)46-26-11-3-12-27-46)51-39-40-56-58(43-51)54-34-19-20-35-55(54)60(48-30-15-5-16-31-48)61(56)49-32-17-6-18-33-49/h1-43H. The van der Waals surface area contributed by atoms with Crippen molar-refractivity contribution >= 4 is 38.6 Å². The zero-order chi connectivity index (χ0) is 42.0. The second kappa shape index (κ2) is 16.7. The first-order valence-electron chi connectivity index (χ1n) is 21.7. The number of rotatable bonds is 9. The van der Waals surface area contributed by atoms with Gasteiger partial charge < -0.3 is 4.90 Å². The Balaban J connectivity index is 1.28. The van der Waals surface area contributed by atoms with E-state index in [0.29, 0.717) is 0 Å². The summed E-state index contributed by atoms with van der Waals surface area (Å²) in [5, 5.41) is 4.86. The molecular formula is C62H43N. The molecule has 0 aliphatic carbocycles. The van der Waals surface area contributed by atoms with Gasteiger partial charge in [0.15, 0.2) is 0 Å². The first-order chi connectivity index (χ1) is 31.3. The van der Waals surface area contributed by atoms with Crippen molar-refractivity contribution in [2.75, 3.05) is 4.90 Å². The molecule has 0 bridgehead atoms. The fourth-order valence-electron chi connectivity index (χ4n) is 9.39. The highest BCUT2D eigenvalue weighted by Crippen LogP contribution is 2.52. The van der Waals surface area contributed by atoms with E-state index in [2.05, 4.69) is 266 Å². The fraction of sp³-hybridized carbons (Fsp3) is 0. The van der Waals surface area contributed by atoms with E-state index in [-0.39, 0.29) is 0 Å². The van der Waals surface area contributed by atoms with Gasteiger partial charge in [-0.1, -0.05) is 237 Å². The summed E-state index contributed by atoms with van der Waals surface area (Å²) in [5.74, 6) is 0. The van der Waals surface area contributed by atoms with E-state index in [4.69, 9.17) is 0 Å². The third-order valence-corrected chi connectivity index (χ3v) is 12.3. The lowest BCUT2D eigenvalue weighted by atomic mass is 9.84. The molecule has 0 saturated heterocycles. The Hall–Kier alpha value is -8.26. The van der Waals surface area contributed by atoms with Crippen molar-refractivity contribution in [2.24, 2.45) is 0 Å². The number of benzene rings is 11. The van der Waals surface area contributed by atoms with E-state index in [1.165, 1.54) is 54.9 Å². The van der Waals surface area contributed by atoms with Crippen molar-refractivity contribution in [1.82, 2.24) is 0 Å². The minimum Gasteiger partial charge on any atom is -0.309 e. The van der Waals surface area contributed by atoms with Gasteiger partial charge in [0.1, 0.15) is 0 Å². The topological polar surface area (TPSA) is 3.24 Å². The van der Waals surface area contributed by atoms with Gasteiger partial charge >= 0.3 is 0 Å². The summed E-state index contributed by atoms with van der Waals surface area (Å²) in [6.45, 7) is 0. The SMILES string of the molecule is c1ccc(-c2ccc(N(c3ccc4c(-c5ccccc5)c(-c5ccccc5)c5ccccc5c4c3)c3c(-c4ccccc4)cccc3-c3ccccc3)c(-c3ccccc3)c2)cc1. The van der Waals surface area contributed by atoms with Gasteiger partial charge in [0, 0.05) is 22.4 Å². The summed E-state index contributed by atoms with van der Waals surface area (Å²) in [7, 11) is 0. The third kappa shape index (κ3) is 7.06. The molecule has 0 spiro atoms. The minimum atomic E-state index is 1.07. The van der Waals surface area contributed by atoms with Crippen LogP contribution in [0.3, 0.4) is 0 Å². The maximum Gasteiger partial charge on any atom is 0.0618 e. The van der Waals surface area contributed by atoms with Crippen LogP contribution in [0.25, 0.3) is 88.3 Å². The van der Waals surface area contributed by atoms with Gasteiger partial charge in [-0.25, -0.2) is 0 Å². The number of hydrogen-bond donors (Lipinski definition) is 0. The van der Waals surface area contributed by atoms with E-state index in [9.17, 15) is 0 Å². The molecular weight excluding hydrogens is 759 g/mol. The zero-order valence-electron chi connectivity index (χ0n) is 34.8. The average Bonchev–Trinajstić information content (AvgIpc) is 3.37. The van der Waals surface area contributed by atoms with Crippen LogP contribution in [0.2, 0.25) is 0 Å². The summed E-state index contributed by atoms with van der Waals surface area (Å²) in [5.41, 5.74) is 17.4. The molecule has 0 aromatic heterocycles. The summed E-state index contributed by atoms with van der Waals surface area (Å²) < 4.78 is 0. The van der Waals surface area contributed by atoms with Crippen LogP contribution in [-0.2, 0) is 0 Å². The largest absolute Gasteiger partial charge is 0.309 e. The molecule has 11 aromatic carbocycles. The van der Waals surface area contributed by atoms with Crippen LogP contribution >= 0.6 is 0 Å². The van der Waals surface area contributed by atoms with E-state index >= 15 is 0 Å². The number of nitrogens with zero attached hydrogens (tertiary/aromatic N) is 1. The first-order valence-corrected chi connectivity index (χ1v) is 21.7. The molecule has 0 radical (unpaired) electrons. The second-order valence-electron chi connectivity index (χ2n) is 16.0. The fourth-order valence-corrected chi connectivity index (χ4v) is 9.39. The predicted octanol–water partition coefficient (Wildman–Crippen LogP) is 17.5. The molecule has 11 aromatic rings. The Kier molecular flexibility index (Phi) is 9.97. The van der Waals surface area contributed by atoms with Crippen molar-refractivity contribution < 1.29 is 0 Å². The molecule has 1 heteroatoms. The molecule has 0 saturated carbocycles. The molecule has 0 N–H and O–H groups in total. The van der Waals surface area contributed by atoms with Gasteiger partial charge in [-0.3, -0.25) is 0 Å². The Labute approximate surface area is 369 Å². The van der Waals surface area contributed by atoms with Crippen LogP contribution < -0.4 is 4.90 Å². The van der Waals surface area contributed by atoms with Gasteiger partial charge in [0.05, 0.1) is 11.4 Å². The number of anilines is 3. The summed E-state index contributed by atoms with van der Waals surface area (Å²) >= 11 is 0. The maximum absolute atomic E-state index is 2.53. The molecule has 0 aliphatic rings. The van der Waals surface area contributed by atoms with Crippen LogP contribution in [0.5, 0.6) is 0 Å². The monoisotopic (exact) mass is 801 g/mol. The molecule has 63 heavy (non-hydrogen) atoms. The van der Waals surface area contributed by atoms with Crippen LogP contribution in [0.1, 0.15) is 0 Å². The number of para-hydroxylation sites is 1. The Morgan fingerprint density at radius 3 is 1.14 bits per heavy atom. The second-order valence-corrected chi connectivity index (χ2v) is 16.0. The van der Waals surface area contributed by atoms with E-state index in [1.54, 1.807) is 0 Å². The normalized spacial score (nSPS) is 11.2. The molecule has 11 rings (SSSR count). The molecule has 296 valence electrons. The molecule has 0 amide bonds. The average molecular weight is 802 g/mol. The van der Waals surface area contributed by atoms with Crippen molar-refractivity contribution in [2.45, 2.75) is 0 Å². The number of hydrogen-bond acceptors (Lipinski definition) is 1. The summed E-state index contributed by atoms with van der Waals surface area (Å²) in [4.78, 5) is 2.53. The first kappa shape index (κ1) is 37.7. The summed E-state index contributed by atoms with van der Waals surface area (Å²) in [6, 6.07) is 94.8. The highest BCUT2D eigenvalue weighted by Gasteiger charge is 2.26. The third-order valence-electron chi connectivity index (χ3n) is 12.3. The highest BCUT2D eigenvalue weighted by molar-refractivity contribution is 6.22. The lowest BCUT2D eigenvalue weighted by Gasteiger charge is -2.33. The maximum atomic E-state index is 2.53. The van der Waals surface area contributed by atoms with E-state index in [1.807, 2.05) is 0 Å². The number of fused-ring (bicyclic) bond motifs is 3.